The molecule has 4 rings (SSSR count). The zero-order valence-electron chi connectivity index (χ0n) is 18.7. The van der Waals surface area contributed by atoms with Crippen LogP contribution in [-0.4, -0.2) is 76.0 Å². The van der Waals surface area contributed by atoms with Crippen molar-refractivity contribution < 1.29 is 4.79 Å². The summed E-state index contributed by atoms with van der Waals surface area (Å²) < 4.78 is 2.32. The molecule has 2 fully saturated rings. The van der Waals surface area contributed by atoms with Gasteiger partial charge in [0.15, 0.2) is 0 Å². The smallest absolute Gasteiger partial charge is 0.225 e. The van der Waals surface area contributed by atoms with Gasteiger partial charge in [-0.3, -0.25) is 14.6 Å². The van der Waals surface area contributed by atoms with Gasteiger partial charge in [0.25, 0.3) is 0 Å². The summed E-state index contributed by atoms with van der Waals surface area (Å²) in [7, 11) is 0. The van der Waals surface area contributed by atoms with Gasteiger partial charge in [-0.05, 0) is 58.0 Å². The molecule has 0 N–H and O–H groups in total. The highest BCUT2D eigenvalue weighted by molar-refractivity contribution is 5.79. The predicted molar refractivity (Wildman–Crippen MR) is 121 cm³/mol. The number of fused-ring (bicyclic) bond motifs is 1. The van der Waals surface area contributed by atoms with E-state index >= 15 is 0 Å². The lowest BCUT2D eigenvalue weighted by Crippen LogP contribution is -2.51. The fourth-order valence-corrected chi connectivity index (χ4v) is 4.97. The van der Waals surface area contributed by atoms with Gasteiger partial charge in [-0.15, -0.1) is 0 Å². The van der Waals surface area contributed by atoms with E-state index in [-0.39, 0.29) is 5.92 Å². The number of carbonyl (C=O) groups is 1. The molecule has 6 nitrogen and oxygen atoms in total. The van der Waals surface area contributed by atoms with Gasteiger partial charge in [-0.1, -0.05) is 25.5 Å². The van der Waals surface area contributed by atoms with Crippen LogP contribution < -0.4 is 0 Å². The molecule has 30 heavy (non-hydrogen) atoms. The minimum Gasteiger partial charge on any atom is -0.340 e. The van der Waals surface area contributed by atoms with Gasteiger partial charge < -0.3 is 9.47 Å². The molecule has 0 saturated carbocycles. The molecule has 0 radical (unpaired) electrons. The largest absolute Gasteiger partial charge is 0.340 e. The fourth-order valence-electron chi connectivity index (χ4n) is 4.97. The van der Waals surface area contributed by atoms with Crippen molar-refractivity contribution in [2.45, 2.75) is 52.6 Å². The Hall–Kier alpha value is -1.92. The Morgan fingerprint density at radius 3 is 2.43 bits per heavy atom. The number of rotatable bonds is 7. The summed E-state index contributed by atoms with van der Waals surface area (Å²) in [6.45, 7) is 13.3. The van der Waals surface area contributed by atoms with Crippen molar-refractivity contribution >= 4 is 16.9 Å². The Balaban J connectivity index is 1.28. The van der Waals surface area contributed by atoms with Crippen LogP contribution in [0.5, 0.6) is 0 Å². The van der Waals surface area contributed by atoms with E-state index in [2.05, 4.69) is 57.4 Å². The minimum atomic E-state index is 0.202. The highest BCUT2D eigenvalue weighted by Gasteiger charge is 2.30. The average molecular weight is 412 g/mol. The van der Waals surface area contributed by atoms with Crippen LogP contribution >= 0.6 is 0 Å². The summed E-state index contributed by atoms with van der Waals surface area (Å²) >= 11 is 0. The predicted octanol–water partition coefficient (Wildman–Crippen LogP) is 3.21. The number of piperidine rings is 1. The molecule has 1 aromatic carbocycles. The van der Waals surface area contributed by atoms with Crippen LogP contribution in [0.3, 0.4) is 0 Å². The number of piperazine rings is 1. The first-order valence-electron chi connectivity index (χ1n) is 11.9. The number of amides is 1. The zero-order chi connectivity index (χ0) is 20.9. The van der Waals surface area contributed by atoms with E-state index in [4.69, 9.17) is 4.98 Å². The Morgan fingerprint density at radius 1 is 1.00 bits per heavy atom. The molecule has 0 aliphatic carbocycles. The molecule has 0 unspecified atom stereocenters. The van der Waals surface area contributed by atoms with Crippen molar-refractivity contribution in [3.63, 3.8) is 0 Å². The van der Waals surface area contributed by atoms with Crippen molar-refractivity contribution in [2.75, 3.05) is 45.8 Å². The number of carbonyl (C=O) groups excluding carboxylic acids is 1. The lowest BCUT2D eigenvalue weighted by Gasteiger charge is -2.38. The molecule has 0 spiro atoms. The maximum atomic E-state index is 13.0. The van der Waals surface area contributed by atoms with E-state index in [0.29, 0.717) is 5.91 Å². The van der Waals surface area contributed by atoms with E-state index in [1.165, 1.54) is 24.9 Å². The Morgan fingerprint density at radius 2 is 1.73 bits per heavy atom. The van der Waals surface area contributed by atoms with E-state index in [1.54, 1.807) is 0 Å². The normalized spacial score (nSPS) is 19.6. The molecule has 1 aromatic heterocycles. The first kappa shape index (κ1) is 21.3. The number of para-hydroxylation sites is 2. The molecule has 2 aliphatic heterocycles. The van der Waals surface area contributed by atoms with Crippen LogP contribution in [0.25, 0.3) is 11.0 Å². The maximum absolute atomic E-state index is 13.0. The summed E-state index contributed by atoms with van der Waals surface area (Å²) in [6, 6.07) is 8.39. The summed E-state index contributed by atoms with van der Waals surface area (Å²) in [5, 5.41) is 0. The Bertz CT molecular complexity index is 831. The minimum absolute atomic E-state index is 0.202. The fraction of sp³-hybridized carbons (Fsp3) is 0.667. The molecular formula is C24H37N5O. The van der Waals surface area contributed by atoms with E-state index in [9.17, 15) is 4.79 Å². The molecule has 6 heteroatoms. The maximum Gasteiger partial charge on any atom is 0.225 e. The van der Waals surface area contributed by atoms with Crippen molar-refractivity contribution in [2.24, 2.45) is 5.92 Å². The standard InChI is InChI=1S/C24H37N5O/c1-3-5-12-26-15-17-28(18-16-26)24(30)20-10-13-27(14-11-20)19-23-25-21-8-6-7-9-22(21)29(23)4-2/h6-9,20H,3-5,10-19H2,1-2H3. The average Bonchev–Trinajstić information content (AvgIpc) is 3.15. The second-order valence-electron chi connectivity index (χ2n) is 8.83. The van der Waals surface area contributed by atoms with Crippen molar-refractivity contribution in [1.29, 1.82) is 0 Å². The Labute approximate surface area is 180 Å². The van der Waals surface area contributed by atoms with Crippen molar-refractivity contribution in [3.8, 4) is 0 Å². The number of aryl methyl sites for hydroxylation is 1. The second kappa shape index (κ2) is 9.92. The molecule has 2 saturated heterocycles. The van der Waals surface area contributed by atoms with Gasteiger partial charge in [0, 0.05) is 38.6 Å². The number of imidazole rings is 1. The number of hydrogen-bond acceptors (Lipinski definition) is 4. The first-order valence-corrected chi connectivity index (χ1v) is 11.9. The SMILES string of the molecule is CCCCN1CCN(C(=O)C2CCN(Cc3nc4ccccc4n3CC)CC2)CC1. The van der Waals surface area contributed by atoms with Crippen LogP contribution in [0.4, 0.5) is 0 Å². The number of aromatic nitrogens is 2. The second-order valence-corrected chi connectivity index (χ2v) is 8.83. The van der Waals surface area contributed by atoms with Crippen LogP contribution in [0.2, 0.25) is 0 Å². The molecule has 1 amide bonds. The molecule has 2 aromatic rings. The lowest BCUT2D eigenvalue weighted by molar-refractivity contribution is -0.138. The van der Waals surface area contributed by atoms with E-state index in [1.807, 2.05) is 0 Å². The van der Waals surface area contributed by atoms with Gasteiger partial charge in [0.2, 0.25) is 5.91 Å². The highest BCUT2D eigenvalue weighted by atomic mass is 16.2. The molecule has 2 aliphatic rings. The number of unbranched alkanes of at least 4 members (excludes halogenated alkanes) is 1. The molecule has 0 atom stereocenters. The van der Waals surface area contributed by atoms with Gasteiger partial charge in [-0.2, -0.15) is 0 Å². The van der Waals surface area contributed by atoms with Gasteiger partial charge in [0.05, 0.1) is 17.6 Å². The molecule has 164 valence electrons. The van der Waals surface area contributed by atoms with Crippen molar-refractivity contribution in [3.05, 3.63) is 30.1 Å². The summed E-state index contributed by atoms with van der Waals surface area (Å²) in [5.41, 5.74) is 2.30. The monoisotopic (exact) mass is 411 g/mol. The number of nitrogens with zero attached hydrogens (tertiary/aromatic N) is 5. The summed E-state index contributed by atoms with van der Waals surface area (Å²) in [6.07, 6.45) is 4.45. The quantitative estimate of drug-likeness (QED) is 0.702. The first-order chi connectivity index (χ1) is 14.7. The van der Waals surface area contributed by atoms with Crippen LogP contribution in [0, 0.1) is 5.92 Å². The Kier molecular flexibility index (Phi) is 7.05. The third-order valence-electron chi connectivity index (χ3n) is 6.86. The lowest BCUT2D eigenvalue weighted by atomic mass is 9.95. The number of benzene rings is 1. The van der Waals surface area contributed by atoms with Gasteiger partial charge in [-0.25, -0.2) is 4.98 Å². The summed E-state index contributed by atoms with van der Waals surface area (Å²) in [5.74, 6) is 1.74. The number of likely N-dealkylation sites (tertiary alicyclic amines) is 1. The number of hydrogen-bond donors (Lipinski definition) is 0. The van der Waals surface area contributed by atoms with Crippen LogP contribution in [-0.2, 0) is 17.9 Å². The molecular weight excluding hydrogens is 374 g/mol. The van der Waals surface area contributed by atoms with Crippen LogP contribution in [0.1, 0.15) is 45.4 Å². The zero-order valence-corrected chi connectivity index (χ0v) is 18.7. The van der Waals surface area contributed by atoms with Gasteiger partial charge in [0.1, 0.15) is 5.82 Å². The molecule has 3 heterocycles. The third kappa shape index (κ3) is 4.70. The third-order valence-corrected chi connectivity index (χ3v) is 6.86. The van der Waals surface area contributed by atoms with E-state index < -0.39 is 0 Å². The van der Waals surface area contributed by atoms with Crippen LogP contribution in [0.15, 0.2) is 24.3 Å². The molecule has 0 bridgehead atoms. The topological polar surface area (TPSA) is 44.6 Å². The van der Waals surface area contributed by atoms with Gasteiger partial charge >= 0.3 is 0 Å². The summed E-state index contributed by atoms with van der Waals surface area (Å²) in [4.78, 5) is 25.0. The highest BCUT2D eigenvalue weighted by Crippen LogP contribution is 2.23. The van der Waals surface area contributed by atoms with E-state index in [0.717, 1.165) is 76.5 Å². The van der Waals surface area contributed by atoms with Crippen molar-refractivity contribution in [1.82, 2.24) is 24.3 Å².